The first-order valence-electron chi connectivity index (χ1n) is 6.52. The second kappa shape index (κ2) is 7.17. The maximum absolute atomic E-state index is 5.67. The molecule has 1 atom stereocenters. The summed E-state index contributed by atoms with van der Waals surface area (Å²) >= 11 is 1.81. The molecule has 2 N–H and O–H groups in total. The average Bonchev–Trinajstić information content (AvgIpc) is 2.34. The van der Waals surface area contributed by atoms with Crippen molar-refractivity contribution in [3.8, 4) is 0 Å². The van der Waals surface area contributed by atoms with E-state index >= 15 is 0 Å². The maximum atomic E-state index is 5.67. The highest BCUT2D eigenvalue weighted by molar-refractivity contribution is 7.99. The van der Waals surface area contributed by atoms with E-state index in [9.17, 15) is 0 Å². The number of ether oxygens (including phenoxy) is 1. The fourth-order valence-corrected chi connectivity index (χ4v) is 2.60. The Bertz CT molecular complexity index is 343. The Morgan fingerprint density at radius 1 is 1.22 bits per heavy atom. The molecule has 0 amide bonds. The molecule has 0 saturated carbocycles. The van der Waals surface area contributed by atoms with Crippen LogP contribution in [0.2, 0.25) is 0 Å². The lowest BCUT2D eigenvalue weighted by molar-refractivity contribution is 0.0858. The van der Waals surface area contributed by atoms with Crippen LogP contribution in [0.4, 0.5) is 0 Å². The van der Waals surface area contributed by atoms with Gasteiger partial charge in [-0.15, -0.1) is 11.8 Å². The van der Waals surface area contributed by atoms with Gasteiger partial charge in [0.25, 0.3) is 0 Å². The van der Waals surface area contributed by atoms with Crippen molar-refractivity contribution in [2.75, 3.05) is 18.9 Å². The molecule has 0 aliphatic rings. The van der Waals surface area contributed by atoms with Crippen molar-refractivity contribution < 1.29 is 4.74 Å². The first-order valence-corrected chi connectivity index (χ1v) is 7.51. The highest BCUT2D eigenvalue weighted by atomic mass is 32.2. The highest BCUT2D eigenvalue weighted by Crippen LogP contribution is 2.26. The summed E-state index contributed by atoms with van der Waals surface area (Å²) < 4.78 is 5.55. The van der Waals surface area contributed by atoms with Crippen molar-refractivity contribution in [1.29, 1.82) is 0 Å². The van der Waals surface area contributed by atoms with Gasteiger partial charge in [0.05, 0.1) is 6.10 Å². The SMILES string of the molecule is CCOC(CN)CSc1ccc(C(C)(C)C)cc1. The zero-order valence-corrected chi connectivity index (χ0v) is 12.7. The quantitative estimate of drug-likeness (QED) is 0.802. The number of hydrogen-bond acceptors (Lipinski definition) is 3. The first-order chi connectivity index (χ1) is 8.47. The summed E-state index contributed by atoms with van der Waals surface area (Å²) in [5.41, 5.74) is 7.25. The van der Waals surface area contributed by atoms with Crippen LogP contribution in [0.15, 0.2) is 29.2 Å². The molecule has 0 radical (unpaired) electrons. The molecule has 3 heteroatoms. The molecule has 1 unspecified atom stereocenters. The van der Waals surface area contributed by atoms with Gasteiger partial charge in [0.15, 0.2) is 0 Å². The van der Waals surface area contributed by atoms with Gasteiger partial charge < -0.3 is 10.5 Å². The second-order valence-electron chi connectivity index (χ2n) is 5.40. The predicted molar refractivity (Wildman–Crippen MR) is 80.3 cm³/mol. The van der Waals surface area contributed by atoms with Gasteiger partial charge in [-0.3, -0.25) is 0 Å². The minimum Gasteiger partial charge on any atom is -0.376 e. The minimum atomic E-state index is 0.155. The summed E-state index contributed by atoms with van der Waals surface area (Å²) in [6.07, 6.45) is 0.155. The van der Waals surface area contributed by atoms with Crippen molar-refractivity contribution >= 4 is 11.8 Å². The van der Waals surface area contributed by atoms with Gasteiger partial charge in [-0.2, -0.15) is 0 Å². The van der Waals surface area contributed by atoms with Gasteiger partial charge in [-0.1, -0.05) is 32.9 Å². The van der Waals surface area contributed by atoms with Crippen LogP contribution in [-0.2, 0) is 10.2 Å². The molecule has 1 aromatic rings. The van der Waals surface area contributed by atoms with E-state index in [0.29, 0.717) is 6.54 Å². The number of hydrogen-bond donors (Lipinski definition) is 1. The summed E-state index contributed by atoms with van der Waals surface area (Å²) in [6.45, 7) is 10.0. The third-order valence-electron chi connectivity index (χ3n) is 2.82. The molecule has 0 spiro atoms. The molecular weight excluding hydrogens is 242 g/mol. The van der Waals surface area contributed by atoms with Gasteiger partial charge in [-0.25, -0.2) is 0 Å². The Labute approximate surface area is 115 Å². The van der Waals surface area contributed by atoms with Crippen molar-refractivity contribution in [1.82, 2.24) is 0 Å². The van der Waals surface area contributed by atoms with Crippen LogP contribution >= 0.6 is 11.8 Å². The summed E-state index contributed by atoms with van der Waals surface area (Å²) in [7, 11) is 0. The first kappa shape index (κ1) is 15.5. The molecule has 2 nitrogen and oxygen atoms in total. The Balaban J connectivity index is 2.53. The maximum Gasteiger partial charge on any atom is 0.0790 e. The molecule has 1 rings (SSSR count). The fourth-order valence-electron chi connectivity index (χ4n) is 1.66. The standard InChI is InChI=1S/C15H25NOS/c1-5-17-13(10-16)11-18-14-8-6-12(7-9-14)15(2,3)4/h6-9,13H,5,10-11,16H2,1-4H3. The molecular formula is C15H25NOS. The Hall–Kier alpha value is -0.510. The van der Waals surface area contributed by atoms with E-state index in [-0.39, 0.29) is 11.5 Å². The van der Waals surface area contributed by atoms with E-state index in [0.717, 1.165) is 12.4 Å². The van der Waals surface area contributed by atoms with Crippen molar-refractivity contribution in [2.24, 2.45) is 5.73 Å². The van der Waals surface area contributed by atoms with E-state index in [4.69, 9.17) is 10.5 Å². The van der Waals surface area contributed by atoms with Crippen LogP contribution in [0.25, 0.3) is 0 Å². The molecule has 0 heterocycles. The Morgan fingerprint density at radius 2 is 1.83 bits per heavy atom. The van der Waals surface area contributed by atoms with Crippen molar-refractivity contribution in [3.63, 3.8) is 0 Å². The average molecular weight is 267 g/mol. The number of thioether (sulfide) groups is 1. The van der Waals surface area contributed by atoms with E-state index in [1.54, 1.807) is 0 Å². The molecule has 1 aromatic carbocycles. The van der Waals surface area contributed by atoms with Crippen LogP contribution < -0.4 is 5.73 Å². The number of rotatable bonds is 6. The summed E-state index contributed by atoms with van der Waals surface area (Å²) in [5.74, 6) is 0.916. The van der Waals surface area contributed by atoms with E-state index in [1.807, 2.05) is 18.7 Å². The van der Waals surface area contributed by atoms with Gasteiger partial charge in [0, 0.05) is 23.8 Å². The third kappa shape index (κ3) is 5.01. The number of nitrogens with two attached hydrogens (primary N) is 1. The minimum absolute atomic E-state index is 0.155. The monoisotopic (exact) mass is 267 g/mol. The molecule has 0 saturated heterocycles. The van der Waals surface area contributed by atoms with Gasteiger partial charge in [0.1, 0.15) is 0 Å². The number of benzene rings is 1. The second-order valence-corrected chi connectivity index (χ2v) is 6.49. The van der Waals surface area contributed by atoms with Crippen molar-refractivity contribution in [2.45, 2.75) is 44.1 Å². The predicted octanol–water partition coefficient (Wildman–Crippen LogP) is 3.44. The molecule has 102 valence electrons. The lowest BCUT2D eigenvalue weighted by atomic mass is 9.87. The van der Waals surface area contributed by atoms with E-state index in [1.165, 1.54) is 10.5 Å². The molecule has 0 bridgehead atoms. The van der Waals surface area contributed by atoms with Crippen LogP contribution in [0, 0.1) is 0 Å². The van der Waals surface area contributed by atoms with Gasteiger partial charge >= 0.3 is 0 Å². The lowest BCUT2D eigenvalue weighted by Crippen LogP contribution is -2.26. The Kier molecular flexibility index (Phi) is 6.19. The van der Waals surface area contributed by atoms with E-state index in [2.05, 4.69) is 45.0 Å². The van der Waals surface area contributed by atoms with Crippen LogP contribution in [0.5, 0.6) is 0 Å². The largest absolute Gasteiger partial charge is 0.376 e. The Morgan fingerprint density at radius 3 is 2.28 bits per heavy atom. The lowest BCUT2D eigenvalue weighted by Gasteiger charge is -2.19. The third-order valence-corrected chi connectivity index (χ3v) is 3.97. The molecule has 18 heavy (non-hydrogen) atoms. The summed E-state index contributed by atoms with van der Waals surface area (Å²) in [5, 5.41) is 0. The topological polar surface area (TPSA) is 35.2 Å². The molecule has 0 aliphatic heterocycles. The van der Waals surface area contributed by atoms with E-state index < -0.39 is 0 Å². The normalized spacial score (nSPS) is 13.6. The summed E-state index contributed by atoms with van der Waals surface area (Å²) in [6, 6.07) is 8.79. The molecule has 0 aliphatic carbocycles. The molecule has 0 fully saturated rings. The smallest absolute Gasteiger partial charge is 0.0790 e. The highest BCUT2D eigenvalue weighted by Gasteiger charge is 2.13. The summed E-state index contributed by atoms with van der Waals surface area (Å²) in [4.78, 5) is 1.28. The van der Waals surface area contributed by atoms with Crippen LogP contribution in [0.3, 0.4) is 0 Å². The van der Waals surface area contributed by atoms with Gasteiger partial charge in [-0.05, 0) is 30.0 Å². The van der Waals surface area contributed by atoms with Crippen LogP contribution in [0.1, 0.15) is 33.3 Å². The zero-order chi connectivity index (χ0) is 13.6. The van der Waals surface area contributed by atoms with Crippen LogP contribution in [-0.4, -0.2) is 25.0 Å². The molecule has 0 aromatic heterocycles. The fraction of sp³-hybridized carbons (Fsp3) is 0.600. The zero-order valence-electron chi connectivity index (χ0n) is 11.9. The van der Waals surface area contributed by atoms with Crippen molar-refractivity contribution in [3.05, 3.63) is 29.8 Å². The van der Waals surface area contributed by atoms with Gasteiger partial charge in [0.2, 0.25) is 0 Å².